The van der Waals surface area contributed by atoms with Gasteiger partial charge in [0.25, 0.3) is 0 Å². The molecule has 0 unspecified atom stereocenters. The first-order valence-electron chi connectivity index (χ1n) is 5.88. The Morgan fingerprint density at radius 1 is 1.17 bits per heavy atom. The highest BCUT2D eigenvalue weighted by atomic mass is 35.5. The average molecular weight is 264 g/mol. The number of nitrogens with one attached hydrogen (secondary N) is 1. The van der Waals surface area contributed by atoms with Crippen molar-refractivity contribution in [2.24, 2.45) is 0 Å². The minimum atomic E-state index is -0.205. The first-order chi connectivity index (χ1) is 8.65. The first-order valence-corrected chi connectivity index (χ1v) is 6.26. The number of benzene rings is 2. The molecular weight excluding hydrogens is 249 g/mol. The molecule has 2 aromatic carbocycles. The molecule has 0 spiro atoms. The highest BCUT2D eigenvalue weighted by Crippen LogP contribution is 2.15. The molecule has 1 atom stereocenters. The first kappa shape index (κ1) is 13.1. The maximum absolute atomic E-state index is 13.1. The average Bonchev–Trinajstić information content (AvgIpc) is 2.36. The van der Waals surface area contributed by atoms with Crippen molar-refractivity contribution in [2.75, 3.05) is 0 Å². The fourth-order valence-electron chi connectivity index (χ4n) is 1.81. The molecule has 0 aliphatic heterocycles. The van der Waals surface area contributed by atoms with Crippen molar-refractivity contribution in [1.29, 1.82) is 0 Å². The maximum Gasteiger partial charge on any atom is 0.123 e. The van der Waals surface area contributed by atoms with Crippen molar-refractivity contribution in [3.05, 3.63) is 70.5 Å². The summed E-state index contributed by atoms with van der Waals surface area (Å²) in [5.74, 6) is -0.205. The Morgan fingerprint density at radius 3 is 2.67 bits per heavy atom. The molecule has 0 bridgehead atoms. The Kier molecular flexibility index (Phi) is 4.34. The van der Waals surface area contributed by atoms with Gasteiger partial charge in [-0.05, 0) is 42.3 Å². The van der Waals surface area contributed by atoms with Crippen molar-refractivity contribution in [2.45, 2.75) is 19.5 Å². The molecule has 0 aliphatic rings. The van der Waals surface area contributed by atoms with E-state index in [1.165, 1.54) is 6.07 Å². The van der Waals surface area contributed by atoms with E-state index in [0.29, 0.717) is 6.54 Å². The van der Waals surface area contributed by atoms with Gasteiger partial charge in [0.2, 0.25) is 0 Å². The summed E-state index contributed by atoms with van der Waals surface area (Å²) in [4.78, 5) is 0. The van der Waals surface area contributed by atoms with Gasteiger partial charge in [-0.3, -0.25) is 0 Å². The summed E-state index contributed by atoms with van der Waals surface area (Å²) in [6, 6.07) is 14.4. The molecule has 0 saturated carbocycles. The summed E-state index contributed by atoms with van der Waals surface area (Å²) < 4.78 is 13.1. The van der Waals surface area contributed by atoms with Crippen molar-refractivity contribution >= 4 is 11.6 Å². The van der Waals surface area contributed by atoms with Crippen LogP contribution in [0.3, 0.4) is 0 Å². The smallest absolute Gasteiger partial charge is 0.123 e. The molecule has 0 saturated heterocycles. The second-order valence-electron chi connectivity index (χ2n) is 4.29. The molecule has 94 valence electrons. The Bertz CT molecular complexity index is 527. The van der Waals surface area contributed by atoms with Crippen LogP contribution in [0.15, 0.2) is 48.5 Å². The molecule has 0 aromatic heterocycles. The normalized spacial score (nSPS) is 12.4. The van der Waals surface area contributed by atoms with Crippen molar-refractivity contribution in [3.63, 3.8) is 0 Å². The quantitative estimate of drug-likeness (QED) is 0.866. The number of halogens is 2. The second-order valence-corrected chi connectivity index (χ2v) is 4.72. The summed E-state index contributed by atoms with van der Waals surface area (Å²) in [7, 11) is 0. The van der Waals surface area contributed by atoms with Crippen molar-refractivity contribution in [3.8, 4) is 0 Å². The van der Waals surface area contributed by atoms with E-state index in [0.717, 1.165) is 16.1 Å². The van der Waals surface area contributed by atoms with E-state index in [1.807, 2.05) is 37.3 Å². The molecule has 2 aromatic rings. The molecule has 0 amide bonds. The van der Waals surface area contributed by atoms with Gasteiger partial charge >= 0.3 is 0 Å². The van der Waals surface area contributed by atoms with Crippen LogP contribution in [-0.4, -0.2) is 0 Å². The molecule has 3 heteroatoms. The van der Waals surface area contributed by atoms with Crippen molar-refractivity contribution in [1.82, 2.24) is 5.32 Å². The SMILES string of the molecule is C[C@H](NCc1cccc(Cl)c1)c1cccc(F)c1. The van der Waals surface area contributed by atoms with Crippen LogP contribution >= 0.6 is 11.6 Å². The molecule has 0 radical (unpaired) electrons. The number of hydrogen-bond donors (Lipinski definition) is 1. The minimum Gasteiger partial charge on any atom is -0.306 e. The lowest BCUT2D eigenvalue weighted by atomic mass is 10.1. The summed E-state index contributed by atoms with van der Waals surface area (Å²) in [6.07, 6.45) is 0. The van der Waals surface area contributed by atoms with Crippen LogP contribution < -0.4 is 5.32 Å². The fourth-order valence-corrected chi connectivity index (χ4v) is 2.02. The third kappa shape index (κ3) is 3.56. The lowest BCUT2D eigenvalue weighted by Crippen LogP contribution is -2.18. The van der Waals surface area contributed by atoms with Crippen LogP contribution in [0.25, 0.3) is 0 Å². The Morgan fingerprint density at radius 2 is 1.94 bits per heavy atom. The molecule has 0 heterocycles. The zero-order valence-electron chi connectivity index (χ0n) is 10.2. The summed E-state index contributed by atoms with van der Waals surface area (Å²) in [5, 5.41) is 4.07. The van der Waals surface area contributed by atoms with Gasteiger partial charge in [0, 0.05) is 17.6 Å². The van der Waals surface area contributed by atoms with Crippen LogP contribution in [0.5, 0.6) is 0 Å². The van der Waals surface area contributed by atoms with Gasteiger partial charge in [-0.2, -0.15) is 0 Å². The topological polar surface area (TPSA) is 12.0 Å². The van der Waals surface area contributed by atoms with Gasteiger partial charge in [0.15, 0.2) is 0 Å². The van der Waals surface area contributed by atoms with E-state index in [9.17, 15) is 4.39 Å². The van der Waals surface area contributed by atoms with Crippen LogP contribution in [0.1, 0.15) is 24.1 Å². The van der Waals surface area contributed by atoms with Gasteiger partial charge in [-0.1, -0.05) is 35.9 Å². The van der Waals surface area contributed by atoms with E-state index in [-0.39, 0.29) is 11.9 Å². The van der Waals surface area contributed by atoms with E-state index in [1.54, 1.807) is 12.1 Å². The summed E-state index contributed by atoms with van der Waals surface area (Å²) >= 11 is 5.92. The molecule has 1 nitrogen and oxygen atoms in total. The largest absolute Gasteiger partial charge is 0.306 e. The van der Waals surface area contributed by atoms with E-state index >= 15 is 0 Å². The highest BCUT2D eigenvalue weighted by Gasteiger charge is 2.05. The predicted octanol–water partition coefficient (Wildman–Crippen LogP) is 4.33. The van der Waals surface area contributed by atoms with Crippen molar-refractivity contribution < 1.29 is 4.39 Å². The zero-order valence-corrected chi connectivity index (χ0v) is 10.9. The van der Waals surface area contributed by atoms with Crippen LogP contribution in [0, 0.1) is 5.82 Å². The Labute approximate surface area is 112 Å². The number of rotatable bonds is 4. The standard InChI is InChI=1S/C15H15ClFN/c1-11(13-5-3-7-15(17)9-13)18-10-12-4-2-6-14(16)8-12/h2-9,11,18H,10H2,1H3/t11-/m0/s1. The predicted molar refractivity (Wildman–Crippen MR) is 73.1 cm³/mol. The third-order valence-corrected chi connectivity index (χ3v) is 3.09. The van der Waals surface area contributed by atoms with E-state index in [4.69, 9.17) is 11.6 Å². The van der Waals surface area contributed by atoms with Gasteiger partial charge in [0.1, 0.15) is 5.82 Å². The second kappa shape index (κ2) is 5.98. The molecule has 1 N–H and O–H groups in total. The third-order valence-electron chi connectivity index (χ3n) is 2.85. The molecule has 2 rings (SSSR count). The van der Waals surface area contributed by atoms with Crippen LogP contribution in [-0.2, 0) is 6.54 Å². The lowest BCUT2D eigenvalue weighted by molar-refractivity contribution is 0.565. The highest BCUT2D eigenvalue weighted by molar-refractivity contribution is 6.30. The van der Waals surface area contributed by atoms with Gasteiger partial charge in [-0.15, -0.1) is 0 Å². The minimum absolute atomic E-state index is 0.0969. The van der Waals surface area contributed by atoms with Gasteiger partial charge in [-0.25, -0.2) is 4.39 Å². The number of hydrogen-bond acceptors (Lipinski definition) is 1. The molecule has 0 aliphatic carbocycles. The van der Waals surface area contributed by atoms with E-state index < -0.39 is 0 Å². The van der Waals surface area contributed by atoms with Gasteiger partial charge in [0.05, 0.1) is 0 Å². The van der Waals surface area contributed by atoms with Crippen LogP contribution in [0.2, 0.25) is 5.02 Å². The maximum atomic E-state index is 13.1. The van der Waals surface area contributed by atoms with E-state index in [2.05, 4.69) is 5.32 Å². The molecule has 18 heavy (non-hydrogen) atoms. The molecular formula is C15H15ClFN. The summed E-state index contributed by atoms with van der Waals surface area (Å²) in [5.41, 5.74) is 2.06. The Hall–Kier alpha value is -1.38. The zero-order chi connectivity index (χ0) is 13.0. The van der Waals surface area contributed by atoms with Gasteiger partial charge < -0.3 is 5.32 Å². The fraction of sp³-hybridized carbons (Fsp3) is 0.200. The molecule has 0 fully saturated rings. The Balaban J connectivity index is 1.98. The summed E-state index contributed by atoms with van der Waals surface area (Å²) in [6.45, 7) is 2.72. The monoisotopic (exact) mass is 263 g/mol. The van der Waals surface area contributed by atoms with Crippen LogP contribution in [0.4, 0.5) is 4.39 Å². The lowest BCUT2D eigenvalue weighted by Gasteiger charge is -2.14.